The lowest BCUT2D eigenvalue weighted by atomic mass is 10.1. The maximum absolute atomic E-state index is 9.57. The van der Waals surface area contributed by atoms with E-state index in [-0.39, 0.29) is 6.61 Å². The molecule has 0 aromatic heterocycles. The largest absolute Gasteiger partial charge is 0.508 e. The molecule has 1 aromatic carbocycles. The molecule has 0 saturated carbocycles. The molecule has 0 bridgehead atoms. The molecule has 3 nitrogen and oxygen atoms in total. The Balaban J connectivity index is 2.22. The van der Waals surface area contributed by atoms with Crippen LogP contribution in [-0.2, 0) is 6.42 Å². The molecule has 2 N–H and O–H groups in total. The third-order valence-electron chi connectivity index (χ3n) is 2.83. The number of aliphatic hydroxyl groups excluding tert-OH is 1. The SMILES string of the molecule is OCCc1cc(O)cc(N2CCCC2)c1. The van der Waals surface area contributed by atoms with Gasteiger partial charge in [0.15, 0.2) is 0 Å². The number of phenolic OH excluding ortho intramolecular Hbond substituents is 1. The first kappa shape index (κ1) is 10.3. The lowest BCUT2D eigenvalue weighted by molar-refractivity contribution is 0.299. The first-order valence-corrected chi connectivity index (χ1v) is 5.48. The zero-order chi connectivity index (χ0) is 10.7. The third-order valence-corrected chi connectivity index (χ3v) is 2.83. The van der Waals surface area contributed by atoms with Crippen LogP contribution in [-0.4, -0.2) is 29.9 Å². The third kappa shape index (κ3) is 2.42. The van der Waals surface area contributed by atoms with Crippen molar-refractivity contribution >= 4 is 5.69 Å². The number of aliphatic hydroxyl groups is 1. The highest BCUT2D eigenvalue weighted by atomic mass is 16.3. The second kappa shape index (κ2) is 4.53. The van der Waals surface area contributed by atoms with E-state index in [4.69, 9.17) is 5.11 Å². The number of hydrogen-bond acceptors (Lipinski definition) is 3. The Bertz CT molecular complexity index is 332. The first-order chi connectivity index (χ1) is 7.29. The fraction of sp³-hybridized carbons (Fsp3) is 0.500. The molecule has 0 spiro atoms. The van der Waals surface area contributed by atoms with Crippen molar-refractivity contribution in [2.75, 3.05) is 24.6 Å². The first-order valence-electron chi connectivity index (χ1n) is 5.48. The number of hydrogen-bond donors (Lipinski definition) is 2. The molecule has 1 heterocycles. The zero-order valence-corrected chi connectivity index (χ0v) is 8.82. The summed E-state index contributed by atoms with van der Waals surface area (Å²) < 4.78 is 0. The zero-order valence-electron chi connectivity index (χ0n) is 8.82. The van der Waals surface area contributed by atoms with Gasteiger partial charge < -0.3 is 15.1 Å². The summed E-state index contributed by atoms with van der Waals surface area (Å²) in [5.41, 5.74) is 2.08. The van der Waals surface area contributed by atoms with Gasteiger partial charge in [-0.15, -0.1) is 0 Å². The molecule has 0 aliphatic carbocycles. The highest BCUT2D eigenvalue weighted by molar-refractivity contribution is 5.53. The molecule has 82 valence electrons. The number of phenols is 1. The predicted octanol–water partition coefficient (Wildman–Crippen LogP) is 1.53. The molecule has 0 atom stereocenters. The Morgan fingerprint density at radius 1 is 1.13 bits per heavy atom. The Kier molecular flexibility index (Phi) is 3.11. The minimum absolute atomic E-state index is 0.128. The van der Waals surface area contributed by atoms with E-state index in [2.05, 4.69) is 11.0 Å². The van der Waals surface area contributed by atoms with E-state index in [1.807, 2.05) is 0 Å². The van der Waals surface area contributed by atoms with Gasteiger partial charge in [0, 0.05) is 31.5 Å². The van der Waals surface area contributed by atoms with Crippen molar-refractivity contribution in [3.8, 4) is 5.75 Å². The van der Waals surface area contributed by atoms with Crippen LogP contribution in [0.2, 0.25) is 0 Å². The molecule has 1 aliphatic rings. The fourth-order valence-corrected chi connectivity index (χ4v) is 2.09. The number of rotatable bonds is 3. The van der Waals surface area contributed by atoms with Crippen LogP contribution in [0.15, 0.2) is 18.2 Å². The van der Waals surface area contributed by atoms with E-state index in [1.54, 1.807) is 12.1 Å². The number of anilines is 1. The minimum Gasteiger partial charge on any atom is -0.508 e. The van der Waals surface area contributed by atoms with Gasteiger partial charge in [0.1, 0.15) is 5.75 Å². The number of aromatic hydroxyl groups is 1. The summed E-state index contributed by atoms with van der Waals surface area (Å²) in [5, 5.41) is 18.4. The summed E-state index contributed by atoms with van der Waals surface area (Å²) in [6.07, 6.45) is 3.06. The summed E-state index contributed by atoms with van der Waals surface area (Å²) in [4.78, 5) is 2.28. The number of benzene rings is 1. The van der Waals surface area contributed by atoms with Crippen molar-refractivity contribution in [3.63, 3.8) is 0 Å². The summed E-state index contributed by atoms with van der Waals surface area (Å²) in [6.45, 7) is 2.27. The second-order valence-electron chi connectivity index (χ2n) is 4.03. The smallest absolute Gasteiger partial charge is 0.117 e. The van der Waals surface area contributed by atoms with Crippen molar-refractivity contribution in [1.29, 1.82) is 0 Å². The van der Waals surface area contributed by atoms with Gasteiger partial charge >= 0.3 is 0 Å². The van der Waals surface area contributed by atoms with Gasteiger partial charge in [-0.2, -0.15) is 0 Å². The molecule has 0 amide bonds. The summed E-state index contributed by atoms with van der Waals surface area (Å²) in [5.74, 6) is 0.294. The average molecular weight is 207 g/mol. The fourth-order valence-electron chi connectivity index (χ4n) is 2.09. The van der Waals surface area contributed by atoms with Crippen LogP contribution in [0.3, 0.4) is 0 Å². The topological polar surface area (TPSA) is 43.7 Å². The average Bonchev–Trinajstić information content (AvgIpc) is 2.70. The quantitative estimate of drug-likeness (QED) is 0.790. The Labute approximate surface area is 90.0 Å². The van der Waals surface area contributed by atoms with Gasteiger partial charge in [0.05, 0.1) is 0 Å². The highest BCUT2D eigenvalue weighted by Gasteiger charge is 2.13. The molecule has 0 unspecified atom stereocenters. The van der Waals surface area contributed by atoms with Crippen molar-refractivity contribution < 1.29 is 10.2 Å². The Hall–Kier alpha value is -1.22. The van der Waals surface area contributed by atoms with Crippen LogP contribution in [0, 0.1) is 0 Å². The molecule has 0 radical (unpaired) electrons. The van der Waals surface area contributed by atoms with Crippen LogP contribution in [0.1, 0.15) is 18.4 Å². The van der Waals surface area contributed by atoms with Gasteiger partial charge in [-0.25, -0.2) is 0 Å². The van der Waals surface area contributed by atoms with E-state index < -0.39 is 0 Å². The van der Waals surface area contributed by atoms with Crippen LogP contribution in [0.5, 0.6) is 5.75 Å². The van der Waals surface area contributed by atoms with Gasteiger partial charge in [-0.05, 0) is 37.0 Å². The molecular formula is C12H17NO2. The standard InChI is InChI=1S/C12H17NO2/c14-6-3-10-7-11(9-12(15)8-10)13-4-1-2-5-13/h7-9,14-15H,1-6H2. The molecule has 15 heavy (non-hydrogen) atoms. The number of nitrogens with zero attached hydrogens (tertiary/aromatic N) is 1. The second-order valence-corrected chi connectivity index (χ2v) is 4.03. The van der Waals surface area contributed by atoms with E-state index in [0.717, 1.165) is 24.3 Å². The monoisotopic (exact) mass is 207 g/mol. The van der Waals surface area contributed by atoms with Crippen LogP contribution in [0.4, 0.5) is 5.69 Å². The van der Waals surface area contributed by atoms with Gasteiger partial charge in [-0.3, -0.25) is 0 Å². The Morgan fingerprint density at radius 3 is 2.53 bits per heavy atom. The minimum atomic E-state index is 0.128. The predicted molar refractivity (Wildman–Crippen MR) is 60.3 cm³/mol. The van der Waals surface area contributed by atoms with Crippen LogP contribution >= 0.6 is 0 Å². The maximum atomic E-state index is 9.57. The molecule has 1 aliphatic heterocycles. The van der Waals surface area contributed by atoms with E-state index in [0.29, 0.717) is 12.2 Å². The molecule has 1 saturated heterocycles. The van der Waals surface area contributed by atoms with Gasteiger partial charge in [-0.1, -0.05) is 0 Å². The van der Waals surface area contributed by atoms with Gasteiger partial charge in [0.2, 0.25) is 0 Å². The summed E-state index contributed by atoms with van der Waals surface area (Å²) in [7, 11) is 0. The van der Waals surface area contributed by atoms with Crippen molar-refractivity contribution in [2.45, 2.75) is 19.3 Å². The molecule has 3 heteroatoms. The van der Waals surface area contributed by atoms with Crippen LogP contribution in [0.25, 0.3) is 0 Å². The molecule has 1 fully saturated rings. The van der Waals surface area contributed by atoms with E-state index in [9.17, 15) is 5.11 Å². The van der Waals surface area contributed by atoms with Crippen LogP contribution < -0.4 is 4.90 Å². The van der Waals surface area contributed by atoms with Gasteiger partial charge in [0.25, 0.3) is 0 Å². The Morgan fingerprint density at radius 2 is 1.87 bits per heavy atom. The summed E-state index contributed by atoms with van der Waals surface area (Å²) >= 11 is 0. The lowest BCUT2D eigenvalue weighted by Gasteiger charge is -2.18. The molecule has 2 rings (SSSR count). The normalized spacial score (nSPS) is 15.9. The van der Waals surface area contributed by atoms with Crippen molar-refractivity contribution in [1.82, 2.24) is 0 Å². The molecular weight excluding hydrogens is 190 g/mol. The van der Waals surface area contributed by atoms with E-state index >= 15 is 0 Å². The molecule has 1 aromatic rings. The highest BCUT2D eigenvalue weighted by Crippen LogP contribution is 2.26. The van der Waals surface area contributed by atoms with Crippen molar-refractivity contribution in [3.05, 3.63) is 23.8 Å². The summed E-state index contributed by atoms with van der Waals surface area (Å²) in [6, 6.07) is 5.57. The lowest BCUT2D eigenvalue weighted by Crippen LogP contribution is -2.17. The van der Waals surface area contributed by atoms with Crippen molar-refractivity contribution in [2.24, 2.45) is 0 Å². The maximum Gasteiger partial charge on any atom is 0.117 e. The van der Waals surface area contributed by atoms with E-state index in [1.165, 1.54) is 12.8 Å².